The molecule has 7 aliphatic rings. The number of hydrogen-bond donors (Lipinski definition) is 2. The lowest BCUT2D eigenvalue weighted by atomic mass is 9.71. The molecule has 3 aromatic carbocycles. The predicted octanol–water partition coefficient (Wildman–Crippen LogP) is 5.93. The first-order valence-corrected chi connectivity index (χ1v) is 21.4. The Kier molecular flexibility index (Phi) is 10.0. The maximum absolute atomic E-state index is 14.9. The molecular formula is C44H52N4O9S. The molecule has 3 aromatic rings. The van der Waals surface area contributed by atoms with Gasteiger partial charge in [0.15, 0.2) is 40.0 Å². The Hall–Kier alpha value is -4.55. The van der Waals surface area contributed by atoms with Gasteiger partial charge in [0, 0.05) is 46.6 Å². The lowest BCUT2D eigenvalue weighted by Crippen LogP contribution is -2.69. The molecule has 0 radical (unpaired) electrons. The van der Waals surface area contributed by atoms with E-state index in [0.717, 1.165) is 40.7 Å². The second kappa shape index (κ2) is 14.9. The van der Waals surface area contributed by atoms with Gasteiger partial charge in [0.1, 0.15) is 18.4 Å². The van der Waals surface area contributed by atoms with E-state index in [0.29, 0.717) is 83.8 Å². The van der Waals surface area contributed by atoms with Gasteiger partial charge in [-0.15, -0.1) is 11.8 Å². The largest absolute Gasteiger partial charge is 0.507 e. The minimum absolute atomic E-state index is 0.00423. The van der Waals surface area contributed by atoms with Crippen LogP contribution in [-0.2, 0) is 27.9 Å². The summed E-state index contributed by atoms with van der Waals surface area (Å²) < 4.78 is 43.5. The molecule has 10 rings (SSSR count). The van der Waals surface area contributed by atoms with Gasteiger partial charge in [-0.2, -0.15) is 5.26 Å². The number of ether oxygens (including phenoxy) is 7. The van der Waals surface area contributed by atoms with Crippen molar-refractivity contribution in [2.24, 2.45) is 0 Å². The van der Waals surface area contributed by atoms with Crippen molar-refractivity contribution in [3.05, 3.63) is 62.7 Å². The number of likely N-dealkylation sites (N-methyl/N-ethyl adjacent to an activating group) is 1. The highest BCUT2D eigenvalue weighted by Gasteiger charge is 2.61. The van der Waals surface area contributed by atoms with Crippen LogP contribution in [0.5, 0.6) is 40.2 Å². The van der Waals surface area contributed by atoms with Gasteiger partial charge < -0.3 is 38.3 Å². The Labute approximate surface area is 343 Å². The van der Waals surface area contributed by atoms with Crippen LogP contribution < -0.4 is 33.7 Å². The molecule has 7 aliphatic heterocycles. The summed E-state index contributed by atoms with van der Waals surface area (Å²) in [5, 5.41) is 26.8. The van der Waals surface area contributed by atoms with E-state index in [-0.39, 0.29) is 37.0 Å². The number of carbonyl (C=O) groups is 1. The average Bonchev–Trinajstić information content (AvgIpc) is 3.72. The minimum atomic E-state index is -1.25. The van der Waals surface area contributed by atoms with Crippen LogP contribution in [0, 0.1) is 25.2 Å². The monoisotopic (exact) mass is 812 g/mol. The maximum Gasteiger partial charge on any atom is 0.331 e. The summed E-state index contributed by atoms with van der Waals surface area (Å²) in [5.74, 6) is 3.57. The van der Waals surface area contributed by atoms with Gasteiger partial charge in [0.2, 0.25) is 6.79 Å². The van der Waals surface area contributed by atoms with Crippen LogP contribution in [0.3, 0.4) is 0 Å². The fourth-order valence-electron chi connectivity index (χ4n) is 10.6. The number of fused-ring (bicyclic) bond motifs is 9. The molecule has 1 unspecified atom stereocenters. The number of nitriles is 1. The number of rotatable bonds is 8. The molecule has 2 N–H and O–H groups in total. The Bertz CT molecular complexity index is 2210. The molecule has 0 amide bonds. The van der Waals surface area contributed by atoms with Gasteiger partial charge in [-0.3, -0.25) is 15.1 Å². The van der Waals surface area contributed by atoms with Gasteiger partial charge in [-0.05, 0) is 81.0 Å². The Morgan fingerprint density at radius 2 is 1.76 bits per heavy atom. The van der Waals surface area contributed by atoms with Crippen molar-refractivity contribution in [2.75, 3.05) is 60.2 Å². The highest BCUT2D eigenvalue weighted by Crippen LogP contribution is 2.64. The van der Waals surface area contributed by atoms with Crippen LogP contribution in [0.2, 0.25) is 0 Å². The van der Waals surface area contributed by atoms with E-state index in [4.69, 9.17) is 33.2 Å². The second-order valence-electron chi connectivity index (χ2n) is 16.2. The lowest BCUT2D eigenvalue weighted by Gasteiger charge is -2.62. The number of aryl methyl sites for hydroxylation is 1. The zero-order valence-electron chi connectivity index (χ0n) is 34.2. The maximum atomic E-state index is 14.9. The quantitative estimate of drug-likeness (QED) is 0.259. The van der Waals surface area contributed by atoms with Crippen LogP contribution in [0.15, 0.2) is 18.2 Å². The summed E-state index contributed by atoms with van der Waals surface area (Å²) in [4.78, 5) is 19.5. The molecule has 13 nitrogen and oxygen atoms in total. The fraction of sp³-hybridized carbons (Fsp3) is 0.545. The topological polar surface area (TPSA) is 144 Å². The minimum Gasteiger partial charge on any atom is -0.507 e. The van der Waals surface area contributed by atoms with Gasteiger partial charge in [0.05, 0.1) is 50.8 Å². The van der Waals surface area contributed by atoms with Crippen molar-refractivity contribution in [1.82, 2.24) is 15.1 Å². The van der Waals surface area contributed by atoms with E-state index in [9.17, 15) is 15.2 Å². The SMILES string of the molecule is CCCOc1cc2c(cc1OC)[C@@]1(CS[C@@H]3c4c(O)c(C)c5c(c4[C@H](COC1=O)N1C3[C@@H]3c4c(cc(C)c(OC)c4OCCC)C[C@H]([C@@H]1C#N)N3C)OCO5)NCC2. The van der Waals surface area contributed by atoms with E-state index in [1.807, 2.05) is 26.0 Å². The molecule has 0 saturated carbocycles. The van der Waals surface area contributed by atoms with Crippen molar-refractivity contribution in [1.29, 1.82) is 5.26 Å². The van der Waals surface area contributed by atoms with Crippen LogP contribution in [0.1, 0.15) is 88.5 Å². The molecule has 58 heavy (non-hydrogen) atoms. The first-order valence-electron chi connectivity index (χ1n) is 20.4. The van der Waals surface area contributed by atoms with Crippen molar-refractivity contribution in [3.63, 3.8) is 0 Å². The van der Waals surface area contributed by atoms with Crippen molar-refractivity contribution >= 4 is 17.7 Å². The summed E-state index contributed by atoms with van der Waals surface area (Å²) in [6.45, 7) is 9.53. The molecule has 7 heterocycles. The number of carbonyl (C=O) groups excluding carboxylic acids is 1. The summed E-state index contributed by atoms with van der Waals surface area (Å²) in [6.07, 6.45) is 2.96. The highest BCUT2D eigenvalue weighted by atomic mass is 32.2. The molecule has 308 valence electrons. The number of nitrogens with one attached hydrogen (secondary N) is 1. The third-order valence-electron chi connectivity index (χ3n) is 13.1. The predicted molar refractivity (Wildman–Crippen MR) is 217 cm³/mol. The van der Waals surface area contributed by atoms with E-state index in [1.54, 1.807) is 26.0 Å². The van der Waals surface area contributed by atoms with Crippen LogP contribution in [0.25, 0.3) is 0 Å². The van der Waals surface area contributed by atoms with Crippen molar-refractivity contribution in [3.8, 4) is 46.3 Å². The van der Waals surface area contributed by atoms with Crippen LogP contribution in [0.4, 0.5) is 0 Å². The first kappa shape index (κ1) is 38.9. The number of methoxy groups -OCH3 is 2. The summed E-state index contributed by atoms with van der Waals surface area (Å²) >= 11 is 1.59. The molecule has 7 atom stereocenters. The van der Waals surface area contributed by atoms with Gasteiger partial charge >= 0.3 is 5.97 Å². The molecule has 4 bridgehead atoms. The number of phenolic OH excluding ortho intramolecular Hbond substituents is 1. The standard InChI is InChI=1S/C44H52N4O9S/c1-8-12-53-31-16-24-10-11-46-44(26(24)17-30(31)51-6)20-58-42-34-33(41-39(56-21-57-41)23(4)37(34)49)29(19-55-43(44)50)48-28(18-45)27-15-25-14-22(3)38(52-7)40(54-13-9-2)32(25)35(36(42)48)47(27)5/h14,16-17,27-29,35-36,42,46,49H,8-13,15,19-21H2,1-7H3/t27-,28+,29+,35+,36?,42-,44-/m1/s1. The molecule has 0 aromatic heterocycles. The number of phenols is 1. The number of thioether (sulfide) groups is 1. The van der Waals surface area contributed by atoms with Crippen molar-refractivity contribution < 1.29 is 43.1 Å². The number of benzene rings is 3. The van der Waals surface area contributed by atoms with Gasteiger partial charge in [0.25, 0.3) is 0 Å². The highest BCUT2D eigenvalue weighted by molar-refractivity contribution is 7.99. The number of aromatic hydroxyl groups is 1. The van der Waals surface area contributed by atoms with Gasteiger partial charge in [-0.25, -0.2) is 4.79 Å². The summed E-state index contributed by atoms with van der Waals surface area (Å²) in [7, 11) is 5.39. The third kappa shape index (κ3) is 5.56. The molecule has 2 saturated heterocycles. The van der Waals surface area contributed by atoms with E-state index in [2.05, 4.69) is 48.1 Å². The van der Waals surface area contributed by atoms with E-state index < -0.39 is 34.9 Å². The van der Waals surface area contributed by atoms with E-state index >= 15 is 0 Å². The second-order valence-corrected chi connectivity index (χ2v) is 17.3. The molecule has 2 fully saturated rings. The zero-order valence-corrected chi connectivity index (χ0v) is 35.0. The van der Waals surface area contributed by atoms with Crippen molar-refractivity contribution in [2.45, 2.75) is 94.4 Å². The number of esters is 1. The molecule has 0 aliphatic carbocycles. The van der Waals surface area contributed by atoms with E-state index in [1.165, 1.54) is 0 Å². The van der Waals surface area contributed by atoms with Crippen LogP contribution in [-0.4, -0.2) is 99.2 Å². The third-order valence-corrected chi connectivity index (χ3v) is 14.6. The van der Waals surface area contributed by atoms with Gasteiger partial charge in [-0.1, -0.05) is 19.9 Å². The summed E-state index contributed by atoms with van der Waals surface area (Å²) in [6, 6.07) is 6.69. The molecule has 1 spiro atoms. The number of piperazine rings is 1. The first-order chi connectivity index (χ1) is 28.1. The number of nitrogens with zero attached hydrogens (tertiary/aromatic N) is 3. The Morgan fingerprint density at radius 1 is 0.983 bits per heavy atom. The zero-order chi connectivity index (χ0) is 40.6. The average molecular weight is 813 g/mol. The Balaban J connectivity index is 1.28. The fourth-order valence-corrected chi connectivity index (χ4v) is 12.3. The summed E-state index contributed by atoms with van der Waals surface area (Å²) in [5.41, 5.74) is 5.65. The Morgan fingerprint density at radius 3 is 2.50 bits per heavy atom. The molecule has 14 heteroatoms. The number of hydrogen-bond acceptors (Lipinski definition) is 14. The lowest BCUT2D eigenvalue weighted by molar-refractivity contribution is -0.157. The normalized spacial score (nSPS) is 28.1. The molecular weight excluding hydrogens is 761 g/mol. The smallest absolute Gasteiger partial charge is 0.331 e. The van der Waals surface area contributed by atoms with Crippen LogP contribution >= 0.6 is 11.8 Å².